The normalized spacial score (nSPS) is 9.65. The third kappa shape index (κ3) is 2.64. The van der Waals surface area contributed by atoms with Crippen LogP contribution in [0.3, 0.4) is 0 Å². The van der Waals surface area contributed by atoms with Crippen LogP contribution in [0.15, 0.2) is 48.5 Å². The molecule has 0 fully saturated rings. The minimum atomic E-state index is -0.394. The van der Waals surface area contributed by atoms with Crippen LogP contribution in [0.2, 0.25) is 0 Å². The molecule has 0 amide bonds. The van der Waals surface area contributed by atoms with Crippen LogP contribution in [0.4, 0.5) is 4.39 Å². The molecule has 2 aromatic rings. The van der Waals surface area contributed by atoms with Gasteiger partial charge in [0.2, 0.25) is 0 Å². The van der Waals surface area contributed by atoms with Gasteiger partial charge in [0, 0.05) is 12.0 Å². The molecule has 0 aliphatic heterocycles. The van der Waals surface area contributed by atoms with Crippen molar-refractivity contribution in [3.8, 4) is 23.8 Å². The molecule has 0 aliphatic rings. The Bertz CT molecular complexity index is 541. The van der Waals surface area contributed by atoms with E-state index in [1.165, 1.54) is 0 Å². The Balaban J connectivity index is 2.28. The number of para-hydroxylation sites is 1. The number of ether oxygens (including phenoxy) is 1. The van der Waals surface area contributed by atoms with Crippen LogP contribution in [0.25, 0.3) is 0 Å². The van der Waals surface area contributed by atoms with Crippen molar-refractivity contribution in [2.45, 2.75) is 6.42 Å². The molecular weight excluding hydrogens is 215 g/mol. The van der Waals surface area contributed by atoms with Crippen molar-refractivity contribution in [2.75, 3.05) is 0 Å². The van der Waals surface area contributed by atoms with Gasteiger partial charge in [-0.1, -0.05) is 30.3 Å². The number of hydrogen-bond acceptors (Lipinski definition) is 1. The van der Waals surface area contributed by atoms with Crippen LogP contribution in [-0.4, -0.2) is 0 Å². The average Bonchev–Trinajstić information content (AvgIpc) is 2.36. The fourth-order valence-corrected chi connectivity index (χ4v) is 1.50. The van der Waals surface area contributed by atoms with Crippen molar-refractivity contribution < 1.29 is 9.13 Å². The van der Waals surface area contributed by atoms with Crippen LogP contribution < -0.4 is 4.74 Å². The lowest BCUT2D eigenvalue weighted by molar-refractivity contribution is 0.439. The summed E-state index contributed by atoms with van der Waals surface area (Å²) in [6, 6.07) is 14.1. The van der Waals surface area contributed by atoms with Crippen molar-refractivity contribution in [1.82, 2.24) is 0 Å². The number of rotatable bonds is 3. The van der Waals surface area contributed by atoms with E-state index >= 15 is 0 Å². The number of hydrogen-bond donors (Lipinski definition) is 0. The van der Waals surface area contributed by atoms with Crippen molar-refractivity contribution in [2.24, 2.45) is 0 Å². The molecule has 0 bridgehead atoms. The van der Waals surface area contributed by atoms with Crippen molar-refractivity contribution >= 4 is 0 Å². The second-order valence-electron chi connectivity index (χ2n) is 3.53. The van der Waals surface area contributed by atoms with E-state index < -0.39 is 5.82 Å². The maximum atomic E-state index is 13.9. The zero-order valence-electron chi connectivity index (χ0n) is 9.19. The Kier molecular flexibility index (Phi) is 3.42. The first-order valence-electron chi connectivity index (χ1n) is 5.25. The largest absolute Gasteiger partial charge is 0.454 e. The standard InChI is InChI=1S/C15H11FO/c1-2-7-12-8-6-11-14(15(12)16)17-13-9-4-3-5-10-13/h1,3-6,8-11H,7H2. The lowest BCUT2D eigenvalue weighted by Gasteiger charge is -2.08. The average molecular weight is 226 g/mol. The molecule has 2 rings (SSSR count). The molecule has 2 aromatic carbocycles. The topological polar surface area (TPSA) is 9.23 Å². The minimum Gasteiger partial charge on any atom is -0.454 e. The van der Waals surface area contributed by atoms with E-state index in [1.54, 1.807) is 30.3 Å². The number of benzene rings is 2. The molecule has 0 saturated carbocycles. The Hall–Kier alpha value is -2.27. The highest BCUT2D eigenvalue weighted by Crippen LogP contribution is 2.26. The molecule has 17 heavy (non-hydrogen) atoms. The summed E-state index contributed by atoms with van der Waals surface area (Å²) >= 11 is 0. The summed E-state index contributed by atoms with van der Waals surface area (Å²) in [6.07, 6.45) is 5.44. The van der Waals surface area contributed by atoms with E-state index in [2.05, 4.69) is 5.92 Å². The molecule has 2 heteroatoms. The van der Waals surface area contributed by atoms with Gasteiger partial charge in [-0.15, -0.1) is 12.3 Å². The molecule has 0 spiro atoms. The first kappa shape index (κ1) is 11.2. The Morgan fingerprint density at radius 2 is 1.82 bits per heavy atom. The van der Waals surface area contributed by atoms with Gasteiger partial charge >= 0.3 is 0 Å². The summed E-state index contributed by atoms with van der Waals surface area (Å²) in [5.74, 6) is 2.83. The fourth-order valence-electron chi connectivity index (χ4n) is 1.50. The summed E-state index contributed by atoms with van der Waals surface area (Å²) in [6.45, 7) is 0. The first-order valence-corrected chi connectivity index (χ1v) is 5.25. The smallest absolute Gasteiger partial charge is 0.169 e. The van der Waals surface area contributed by atoms with Gasteiger partial charge in [0.15, 0.2) is 11.6 Å². The molecule has 0 unspecified atom stereocenters. The van der Waals surface area contributed by atoms with Gasteiger partial charge in [-0.25, -0.2) is 4.39 Å². The van der Waals surface area contributed by atoms with Gasteiger partial charge in [0.25, 0.3) is 0 Å². The first-order chi connectivity index (χ1) is 8.31. The van der Waals surface area contributed by atoms with E-state index in [0.717, 1.165) is 0 Å². The van der Waals surface area contributed by atoms with Gasteiger partial charge in [-0.3, -0.25) is 0 Å². The van der Waals surface area contributed by atoms with Gasteiger partial charge in [0.05, 0.1) is 0 Å². The highest BCUT2D eigenvalue weighted by Gasteiger charge is 2.08. The van der Waals surface area contributed by atoms with E-state index in [0.29, 0.717) is 11.3 Å². The van der Waals surface area contributed by atoms with Gasteiger partial charge in [-0.2, -0.15) is 0 Å². The second-order valence-corrected chi connectivity index (χ2v) is 3.53. The van der Waals surface area contributed by atoms with E-state index in [9.17, 15) is 4.39 Å². The zero-order chi connectivity index (χ0) is 12.1. The summed E-state index contributed by atoms with van der Waals surface area (Å²) in [5.41, 5.74) is 0.473. The van der Waals surface area contributed by atoms with Crippen molar-refractivity contribution in [3.63, 3.8) is 0 Å². The molecule has 0 atom stereocenters. The van der Waals surface area contributed by atoms with Gasteiger partial charge in [0.1, 0.15) is 5.75 Å². The number of halogens is 1. The quantitative estimate of drug-likeness (QED) is 0.723. The summed E-state index contributed by atoms with van der Waals surface area (Å²) in [7, 11) is 0. The van der Waals surface area contributed by atoms with E-state index in [-0.39, 0.29) is 12.2 Å². The number of terminal acetylenes is 1. The lowest BCUT2D eigenvalue weighted by Crippen LogP contribution is -1.93. The molecule has 0 saturated heterocycles. The lowest BCUT2D eigenvalue weighted by atomic mass is 10.1. The second kappa shape index (κ2) is 5.18. The predicted molar refractivity (Wildman–Crippen MR) is 65.5 cm³/mol. The molecule has 0 aliphatic carbocycles. The van der Waals surface area contributed by atoms with Crippen molar-refractivity contribution in [3.05, 3.63) is 59.9 Å². The zero-order valence-corrected chi connectivity index (χ0v) is 9.19. The molecule has 0 N–H and O–H groups in total. The highest BCUT2D eigenvalue weighted by molar-refractivity contribution is 5.36. The highest BCUT2D eigenvalue weighted by atomic mass is 19.1. The van der Waals surface area contributed by atoms with Crippen LogP contribution in [0.1, 0.15) is 5.56 Å². The SMILES string of the molecule is C#CCc1cccc(Oc2ccccc2)c1F. The van der Waals surface area contributed by atoms with E-state index in [1.807, 2.05) is 18.2 Å². The Labute approximate surface area is 99.9 Å². The molecule has 84 valence electrons. The monoisotopic (exact) mass is 226 g/mol. The van der Waals surface area contributed by atoms with Gasteiger partial charge < -0.3 is 4.74 Å². The molecule has 0 heterocycles. The maximum absolute atomic E-state index is 13.9. The summed E-state index contributed by atoms with van der Waals surface area (Å²) in [4.78, 5) is 0. The van der Waals surface area contributed by atoms with Crippen molar-refractivity contribution in [1.29, 1.82) is 0 Å². The van der Waals surface area contributed by atoms with Gasteiger partial charge in [-0.05, 0) is 18.2 Å². The van der Waals surface area contributed by atoms with Crippen LogP contribution in [0.5, 0.6) is 11.5 Å². The van der Waals surface area contributed by atoms with Crippen LogP contribution in [0, 0.1) is 18.2 Å². The molecular formula is C15H11FO. The summed E-state index contributed by atoms with van der Waals surface area (Å²) < 4.78 is 19.4. The maximum Gasteiger partial charge on any atom is 0.169 e. The van der Waals surface area contributed by atoms with Crippen LogP contribution in [-0.2, 0) is 6.42 Å². The molecule has 0 radical (unpaired) electrons. The molecule has 0 aromatic heterocycles. The minimum absolute atomic E-state index is 0.198. The van der Waals surface area contributed by atoms with E-state index in [4.69, 9.17) is 11.2 Å². The Morgan fingerprint density at radius 3 is 2.53 bits per heavy atom. The molecule has 1 nitrogen and oxygen atoms in total. The predicted octanol–water partition coefficient (Wildman–Crippen LogP) is 3.79. The fraction of sp³-hybridized carbons (Fsp3) is 0.0667. The summed E-state index contributed by atoms with van der Waals surface area (Å²) in [5, 5.41) is 0. The van der Waals surface area contributed by atoms with Crippen LogP contribution >= 0.6 is 0 Å². The Morgan fingerprint density at radius 1 is 1.06 bits per heavy atom. The third-order valence-corrected chi connectivity index (χ3v) is 2.31. The third-order valence-electron chi connectivity index (χ3n) is 2.31.